The molecule has 0 bridgehead atoms. The minimum Gasteiger partial charge on any atom is -0.497 e. The van der Waals surface area contributed by atoms with Crippen LogP contribution in [0.4, 0.5) is 0 Å². The van der Waals surface area contributed by atoms with Crippen molar-refractivity contribution in [2.24, 2.45) is 5.73 Å². The maximum Gasteiger partial charge on any atom is 0.118 e. The van der Waals surface area contributed by atoms with E-state index in [0.29, 0.717) is 0 Å². The van der Waals surface area contributed by atoms with Crippen molar-refractivity contribution in [1.29, 1.82) is 0 Å². The van der Waals surface area contributed by atoms with E-state index >= 15 is 0 Å². The molecule has 0 fully saturated rings. The second-order valence-corrected chi connectivity index (χ2v) is 5.09. The molecule has 4 heteroatoms. The lowest BCUT2D eigenvalue weighted by atomic mass is 10.1. The molecule has 1 atom stereocenters. The van der Waals surface area contributed by atoms with E-state index in [4.69, 9.17) is 10.5 Å². The van der Waals surface area contributed by atoms with Gasteiger partial charge in [0.05, 0.1) is 7.11 Å². The lowest BCUT2D eigenvalue weighted by Crippen LogP contribution is -2.04. The summed E-state index contributed by atoms with van der Waals surface area (Å²) in [5.74, 6) is 0.858. The fourth-order valence-corrected chi connectivity index (χ4v) is 2.35. The summed E-state index contributed by atoms with van der Waals surface area (Å²) in [6.07, 6.45) is 1.80. The van der Waals surface area contributed by atoms with Gasteiger partial charge < -0.3 is 10.5 Å². The SMILES string of the molecule is COc1ccc(Sc2cc(C(C)N)ccn2)cc1. The zero-order chi connectivity index (χ0) is 13.0. The van der Waals surface area contributed by atoms with Gasteiger partial charge in [0, 0.05) is 17.1 Å². The van der Waals surface area contributed by atoms with Gasteiger partial charge in [0.25, 0.3) is 0 Å². The van der Waals surface area contributed by atoms with E-state index in [1.54, 1.807) is 25.1 Å². The van der Waals surface area contributed by atoms with Crippen LogP contribution < -0.4 is 10.5 Å². The van der Waals surface area contributed by atoms with Crippen LogP contribution in [-0.2, 0) is 0 Å². The Morgan fingerprint density at radius 1 is 1.22 bits per heavy atom. The molecule has 3 nitrogen and oxygen atoms in total. The average molecular weight is 260 g/mol. The normalized spacial score (nSPS) is 12.2. The molecule has 0 aliphatic carbocycles. The van der Waals surface area contributed by atoms with Crippen LogP contribution in [0.25, 0.3) is 0 Å². The van der Waals surface area contributed by atoms with E-state index in [1.165, 1.54) is 0 Å². The summed E-state index contributed by atoms with van der Waals surface area (Å²) in [6, 6.07) is 11.9. The second-order valence-electron chi connectivity index (χ2n) is 3.99. The van der Waals surface area contributed by atoms with Gasteiger partial charge in [-0.3, -0.25) is 0 Å². The Balaban J connectivity index is 2.15. The van der Waals surface area contributed by atoms with Gasteiger partial charge in [-0.1, -0.05) is 11.8 Å². The second kappa shape index (κ2) is 5.89. The molecule has 1 heterocycles. The first kappa shape index (κ1) is 12.9. The fourth-order valence-electron chi connectivity index (χ4n) is 1.53. The molecule has 18 heavy (non-hydrogen) atoms. The summed E-state index contributed by atoms with van der Waals surface area (Å²) in [6.45, 7) is 1.97. The van der Waals surface area contributed by atoms with E-state index < -0.39 is 0 Å². The Bertz CT molecular complexity index is 511. The molecular weight excluding hydrogens is 244 g/mol. The first-order valence-electron chi connectivity index (χ1n) is 5.72. The molecule has 0 radical (unpaired) electrons. The highest BCUT2D eigenvalue weighted by Crippen LogP contribution is 2.28. The highest BCUT2D eigenvalue weighted by atomic mass is 32.2. The molecule has 94 valence electrons. The molecule has 2 aromatic rings. The van der Waals surface area contributed by atoms with Crippen LogP contribution in [0.5, 0.6) is 5.75 Å². The van der Waals surface area contributed by atoms with E-state index in [0.717, 1.165) is 21.2 Å². The number of ether oxygens (including phenoxy) is 1. The van der Waals surface area contributed by atoms with Gasteiger partial charge in [-0.25, -0.2) is 4.98 Å². The molecule has 0 spiro atoms. The summed E-state index contributed by atoms with van der Waals surface area (Å²) in [5, 5.41) is 0.954. The Hall–Kier alpha value is -1.52. The lowest BCUT2D eigenvalue weighted by molar-refractivity contribution is 0.414. The van der Waals surface area contributed by atoms with Gasteiger partial charge >= 0.3 is 0 Å². The third-order valence-electron chi connectivity index (χ3n) is 2.57. The molecule has 0 aliphatic heterocycles. The minimum atomic E-state index is 0.0308. The van der Waals surface area contributed by atoms with Crippen LogP contribution in [0.1, 0.15) is 18.5 Å². The molecule has 0 amide bonds. The summed E-state index contributed by atoms with van der Waals surface area (Å²) in [4.78, 5) is 5.47. The predicted octanol–water partition coefficient (Wildman–Crippen LogP) is 3.26. The van der Waals surface area contributed by atoms with Crippen molar-refractivity contribution >= 4 is 11.8 Å². The standard InChI is InChI=1S/C14H16N2OS/c1-10(15)11-7-8-16-14(9-11)18-13-5-3-12(17-2)4-6-13/h3-10H,15H2,1-2H3. The Labute approximate surface area is 111 Å². The number of hydrogen-bond acceptors (Lipinski definition) is 4. The van der Waals surface area contributed by atoms with Crippen LogP contribution in [0.2, 0.25) is 0 Å². The molecule has 1 unspecified atom stereocenters. The van der Waals surface area contributed by atoms with Crippen molar-refractivity contribution in [2.45, 2.75) is 22.9 Å². The molecule has 0 aliphatic rings. The van der Waals surface area contributed by atoms with Crippen molar-refractivity contribution in [1.82, 2.24) is 4.98 Å². The van der Waals surface area contributed by atoms with Gasteiger partial charge in [-0.05, 0) is 48.9 Å². The molecular formula is C14H16N2OS. The largest absolute Gasteiger partial charge is 0.497 e. The Kier molecular flexibility index (Phi) is 4.23. The molecule has 0 saturated heterocycles. The summed E-state index contributed by atoms with van der Waals surface area (Å²) < 4.78 is 5.13. The smallest absolute Gasteiger partial charge is 0.118 e. The number of methoxy groups -OCH3 is 1. The third-order valence-corrected chi connectivity index (χ3v) is 3.51. The number of pyridine rings is 1. The quantitative estimate of drug-likeness (QED) is 0.916. The van der Waals surface area contributed by atoms with Crippen molar-refractivity contribution in [3.63, 3.8) is 0 Å². The predicted molar refractivity (Wildman–Crippen MR) is 74.0 cm³/mol. The van der Waals surface area contributed by atoms with E-state index in [2.05, 4.69) is 4.98 Å². The van der Waals surface area contributed by atoms with E-state index in [1.807, 2.05) is 43.3 Å². The first-order valence-corrected chi connectivity index (χ1v) is 6.54. The van der Waals surface area contributed by atoms with Crippen LogP contribution in [-0.4, -0.2) is 12.1 Å². The number of rotatable bonds is 4. The van der Waals surface area contributed by atoms with Crippen LogP contribution in [0, 0.1) is 0 Å². The van der Waals surface area contributed by atoms with Crippen LogP contribution in [0.3, 0.4) is 0 Å². The number of benzene rings is 1. The average Bonchev–Trinajstić information content (AvgIpc) is 2.40. The van der Waals surface area contributed by atoms with Crippen molar-refractivity contribution < 1.29 is 4.74 Å². The maximum atomic E-state index is 5.86. The van der Waals surface area contributed by atoms with Gasteiger partial charge in [0.1, 0.15) is 10.8 Å². The molecule has 2 rings (SSSR count). The fraction of sp³-hybridized carbons (Fsp3) is 0.214. The Morgan fingerprint density at radius 2 is 1.94 bits per heavy atom. The number of aromatic nitrogens is 1. The van der Waals surface area contributed by atoms with Crippen LogP contribution >= 0.6 is 11.8 Å². The molecule has 2 N–H and O–H groups in total. The number of nitrogens with two attached hydrogens (primary N) is 1. The summed E-state index contributed by atoms with van der Waals surface area (Å²) in [5.41, 5.74) is 6.96. The van der Waals surface area contributed by atoms with Gasteiger partial charge in [-0.2, -0.15) is 0 Å². The molecule has 1 aromatic heterocycles. The van der Waals surface area contributed by atoms with Gasteiger partial charge in [0.15, 0.2) is 0 Å². The lowest BCUT2D eigenvalue weighted by Gasteiger charge is -2.07. The third kappa shape index (κ3) is 3.24. The van der Waals surface area contributed by atoms with Crippen LogP contribution in [0.15, 0.2) is 52.5 Å². The summed E-state index contributed by atoms with van der Waals surface area (Å²) in [7, 11) is 1.66. The zero-order valence-corrected chi connectivity index (χ0v) is 11.3. The summed E-state index contributed by atoms with van der Waals surface area (Å²) >= 11 is 1.62. The molecule has 1 aromatic carbocycles. The monoisotopic (exact) mass is 260 g/mol. The van der Waals surface area contributed by atoms with E-state index in [9.17, 15) is 0 Å². The van der Waals surface area contributed by atoms with Gasteiger partial charge in [0.2, 0.25) is 0 Å². The topological polar surface area (TPSA) is 48.1 Å². The maximum absolute atomic E-state index is 5.86. The molecule has 0 saturated carbocycles. The minimum absolute atomic E-state index is 0.0308. The van der Waals surface area contributed by atoms with Crippen molar-refractivity contribution in [3.8, 4) is 5.75 Å². The highest BCUT2D eigenvalue weighted by Gasteiger charge is 2.03. The highest BCUT2D eigenvalue weighted by molar-refractivity contribution is 7.99. The number of nitrogens with zero attached hydrogens (tertiary/aromatic N) is 1. The Morgan fingerprint density at radius 3 is 2.56 bits per heavy atom. The number of hydrogen-bond donors (Lipinski definition) is 1. The first-order chi connectivity index (χ1) is 8.69. The van der Waals surface area contributed by atoms with Gasteiger partial charge in [-0.15, -0.1) is 0 Å². The van der Waals surface area contributed by atoms with E-state index in [-0.39, 0.29) is 6.04 Å². The van der Waals surface area contributed by atoms with Crippen molar-refractivity contribution in [2.75, 3.05) is 7.11 Å². The zero-order valence-electron chi connectivity index (χ0n) is 10.5. The van der Waals surface area contributed by atoms with Crippen molar-refractivity contribution in [3.05, 3.63) is 48.2 Å².